The SMILES string of the molecule is Cc1nc(NC(=O)c2ccccc2)sc1C(=O)Nc1cccnc1. The summed E-state index contributed by atoms with van der Waals surface area (Å²) in [6.07, 6.45) is 3.19. The van der Waals surface area contributed by atoms with Gasteiger partial charge in [0.25, 0.3) is 11.8 Å². The molecule has 0 spiro atoms. The van der Waals surface area contributed by atoms with Gasteiger partial charge in [0.15, 0.2) is 5.13 Å². The van der Waals surface area contributed by atoms with E-state index in [-0.39, 0.29) is 11.8 Å². The first-order valence-corrected chi connectivity index (χ1v) is 8.00. The Morgan fingerprint density at radius 3 is 2.50 bits per heavy atom. The van der Waals surface area contributed by atoms with E-state index >= 15 is 0 Å². The molecule has 0 radical (unpaired) electrons. The van der Waals surface area contributed by atoms with E-state index in [0.29, 0.717) is 27.0 Å². The fraction of sp³-hybridized carbons (Fsp3) is 0.0588. The number of hydrogen-bond donors (Lipinski definition) is 2. The van der Waals surface area contributed by atoms with Crippen LogP contribution < -0.4 is 10.6 Å². The first-order chi connectivity index (χ1) is 11.6. The van der Waals surface area contributed by atoms with Crippen molar-refractivity contribution >= 4 is 34.0 Å². The van der Waals surface area contributed by atoms with Gasteiger partial charge in [0.1, 0.15) is 4.88 Å². The molecule has 0 aliphatic rings. The van der Waals surface area contributed by atoms with Crippen LogP contribution in [0.4, 0.5) is 10.8 Å². The van der Waals surface area contributed by atoms with Gasteiger partial charge in [-0.15, -0.1) is 0 Å². The Kier molecular flexibility index (Phi) is 4.62. The third-order valence-electron chi connectivity index (χ3n) is 3.18. The quantitative estimate of drug-likeness (QED) is 0.764. The molecule has 0 atom stereocenters. The molecule has 0 aliphatic heterocycles. The molecule has 2 aromatic heterocycles. The summed E-state index contributed by atoms with van der Waals surface area (Å²) in [5.74, 6) is -0.540. The third kappa shape index (κ3) is 3.64. The average Bonchev–Trinajstić information content (AvgIpc) is 2.97. The summed E-state index contributed by atoms with van der Waals surface area (Å²) in [7, 11) is 0. The van der Waals surface area contributed by atoms with Crippen LogP contribution in [-0.2, 0) is 0 Å². The first kappa shape index (κ1) is 15.8. The van der Waals surface area contributed by atoms with E-state index in [1.807, 2.05) is 6.07 Å². The van der Waals surface area contributed by atoms with Crippen LogP contribution in [0.5, 0.6) is 0 Å². The van der Waals surface area contributed by atoms with Crippen molar-refractivity contribution in [2.75, 3.05) is 10.6 Å². The van der Waals surface area contributed by atoms with Crippen LogP contribution in [0.15, 0.2) is 54.9 Å². The number of amides is 2. The number of carbonyl (C=O) groups is 2. The molecule has 1 aromatic carbocycles. The molecule has 120 valence electrons. The summed E-state index contributed by atoms with van der Waals surface area (Å²) in [5.41, 5.74) is 1.70. The minimum absolute atomic E-state index is 0.261. The zero-order valence-electron chi connectivity index (χ0n) is 12.8. The Bertz CT molecular complexity index is 863. The summed E-state index contributed by atoms with van der Waals surface area (Å²) < 4.78 is 0. The van der Waals surface area contributed by atoms with Crippen molar-refractivity contribution in [3.05, 3.63) is 71.0 Å². The predicted molar refractivity (Wildman–Crippen MR) is 93.4 cm³/mol. The fourth-order valence-corrected chi connectivity index (χ4v) is 2.90. The summed E-state index contributed by atoms with van der Waals surface area (Å²) in [4.78, 5) is 33.1. The Labute approximate surface area is 142 Å². The summed E-state index contributed by atoms with van der Waals surface area (Å²) >= 11 is 1.13. The number of nitrogens with zero attached hydrogens (tertiary/aromatic N) is 2. The van der Waals surface area contributed by atoms with Gasteiger partial charge in [-0.3, -0.25) is 19.9 Å². The molecule has 0 unspecified atom stereocenters. The third-order valence-corrected chi connectivity index (χ3v) is 4.25. The lowest BCUT2D eigenvalue weighted by atomic mass is 10.2. The number of hydrogen-bond acceptors (Lipinski definition) is 5. The molecular weight excluding hydrogens is 324 g/mol. The smallest absolute Gasteiger partial charge is 0.267 e. The first-order valence-electron chi connectivity index (χ1n) is 7.18. The van der Waals surface area contributed by atoms with Crippen LogP contribution in [0.3, 0.4) is 0 Å². The van der Waals surface area contributed by atoms with Crippen LogP contribution in [0, 0.1) is 6.92 Å². The molecule has 3 rings (SSSR count). The van der Waals surface area contributed by atoms with E-state index in [0.717, 1.165) is 11.3 Å². The van der Waals surface area contributed by atoms with Crippen LogP contribution in [0.2, 0.25) is 0 Å². The molecular formula is C17H14N4O2S. The topological polar surface area (TPSA) is 84.0 Å². The highest BCUT2D eigenvalue weighted by Gasteiger charge is 2.17. The maximum atomic E-state index is 12.3. The molecule has 0 saturated heterocycles. The molecule has 2 heterocycles. The second-order valence-electron chi connectivity index (χ2n) is 4.95. The van der Waals surface area contributed by atoms with Gasteiger partial charge in [-0.2, -0.15) is 0 Å². The van der Waals surface area contributed by atoms with Crippen LogP contribution in [-0.4, -0.2) is 21.8 Å². The van der Waals surface area contributed by atoms with E-state index in [9.17, 15) is 9.59 Å². The average molecular weight is 338 g/mol. The second-order valence-corrected chi connectivity index (χ2v) is 5.95. The largest absolute Gasteiger partial charge is 0.320 e. The Morgan fingerprint density at radius 1 is 1.00 bits per heavy atom. The highest BCUT2D eigenvalue weighted by Crippen LogP contribution is 2.24. The van der Waals surface area contributed by atoms with Crippen LogP contribution in [0.1, 0.15) is 25.7 Å². The van der Waals surface area contributed by atoms with Crippen molar-refractivity contribution in [1.29, 1.82) is 0 Å². The van der Waals surface area contributed by atoms with Gasteiger partial charge in [0.2, 0.25) is 0 Å². The normalized spacial score (nSPS) is 10.2. The van der Waals surface area contributed by atoms with Gasteiger partial charge in [-0.1, -0.05) is 29.5 Å². The number of pyridine rings is 1. The van der Waals surface area contributed by atoms with Gasteiger partial charge < -0.3 is 5.32 Å². The lowest BCUT2D eigenvalue weighted by Crippen LogP contribution is -2.11. The highest BCUT2D eigenvalue weighted by atomic mass is 32.1. The van der Waals surface area contributed by atoms with E-state index in [2.05, 4.69) is 20.6 Å². The number of aryl methyl sites for hydroxylation is 1. The summed E-state index contributed by atoms with van der Waals surface area (Å²) in [6.45, 7) is 1.73. The number of anilines is 2. The van der Waals surface area contributed by atoms with Crippen molar-refractivity contribution < 1.29 is 9.59 Å². The molecule has 0 aliphatic carbocycles. The number of carbonyl (C=O) groups excluding carboxylic acids is 2. The van der Waals surface area contributed by atoms with Gasteiger partial charge >= 0.3 is 0 Å². The molecule has 24 heavy (non-hydrogen) atoms. The maximum Gasteiger partial charge on any atom is 0.267 e. The number of nitrogens with one attached hydrogen (secondary N) is 2. The minimum atomic E-state index is -0.279. The van der Waals surface area contributed by atoms with Crippen molar-refractivity contribution in [2.24, 2.45) is 0 Å². The maximum absolute atomic E-state index is 12.3. The molecule has 3 aromatic rings. The van der Waals surface area contributed by atoms with Crippen LogP contribution >= 0.6 is 11.3 Å². The standard InChI is InChI=1S/C17H14N4O2S/c1-11-14(16(23)20-13-8-5-9-18-10-13)24-17(19-11)21-15(22)12-6-3-2-4-7-12/h2-10H,1H3,(H,20,23)(H,19,21,22). The summed E-state index contributed by atoms with van der Waals surface area (Å²) in [5, 5.41) is 5.85. The predicted octanol–water partition coefficient (Wildman–Crippen LogP) is 3.35. The Balaban J connectivity index is 1.73. The summed E-state index contributed by atoms with van der Waals surface area (Å²) in [6, 6.07) is 12.3. The van der Waals surface area contributed by atoms with Crippen molar-refractivity contribution in [3.8, 4) is 0 Å². The number of rotatable bonds is 4. The van der Waals surface area contributed by atoms with E-state index in [1.165, 1.54) is 0 Å². The molecule has 2 N–H and O–H groups in total. The fourth-order valence-electron chi connectivity index (χ4n) is 2.04. The Morgan fingerprint density at radius 2 is 1.79 bits per heavy atom. The number of aromatic nitrogens is 2. The molecule has 0 fully saturated rings. The Hall–Kier alpha value is -3.06. The zero-order valence-corrected chi connectivity index (χ0v) is 13.6. The number of thiazole rings is 1. The van der Waals surface area contributed by atoms with E-state index in [1.54, 1.807) is 55.7 Å². The van der Waals surface area contributed by atoms with Crippen molar-refractivity contribution in [3.63, 3.8) is 0 Å². The second kappa shape index (κ2) is 7.01. The van der Waals surface area contributed by atoms with Crippen molar-refractivity contribution in [1.82, 2.24) is 9.97 Å². The van der Waals surface area contributed by atoms with Gasteiger partial charge in [-0.05, 0) is 31.2 Å². The highest BCUT2D eigenvalue weighted by molar-refractivity contribution is 7.17. The van der Waals surface area contributed by atoms with Gasteiger partial charge in [0.05, 0.1) is 17.6 Å². The number of benzene rings is 1. The molecule has 0 bridgehead atoms. The molecule has 7 heteroatoms. The molecule has 6 nitrogen and oxygen atoms in total. The monoisotopic (exact) mass is 338 g/mol. The lowest BCUT2D eigenvalue weighted by molar-refractivity contribution is 0.102. The molecule has 2 amide bonds. The van der Waals surface area contributed by atoms with Crippen molar-refractivity contribution in [2.45, 2.75) is 6.92 Å². The van der Waals surface area contributed by atoms with Gasteiger partial charge in [-0.25, -0.2) is 4.98 Å². The zero-order chi connectivity index (χ0) is 16.9. The minimum Gasteiger partial charge on any atom is -0.320 e. The van der Waals surface area contributed by atoms with E-state index < -0.39 is 0 Å². The van der Waals surface area contributed by atoms with E-state index in [4.69, 9.17) is 0 Å². The lowest BCUT2D eigenvalue weighted by Gasteiger charge is -2.02. The molecule has 0 saturated carbocycles. The van der Waals surface area contributed by atoms with Crippen LogP contribution in [0.25, 0.3) is 0 Å². The van der Waals surface area contributed by atoms with Gasteiger partial charge in [0, 0.05) is 11.8 Å².